The number of rotatable bonds is 5. The lowest BCUT2D eigenvalue weighted by molar-refractivity contribution is 0.144. The highest BCUT2D eigenvalue weighted by atomic mass is 32.2. The van der Waals surface area contributed by atoms with Gasteiger partial charge in [0, 0.05) is 23.7 Å². The Hall–Kier alpha value is -3.30. The van der Waals surface area contributed by atoms with Crippen LogP contribution in [0.1, 0.15) is 12.8 Å². The number of sulfone groups is 2. The Morgan fingerprint density at radius 1 is 0.641 bits per heavy atom. The molecule has 1 aliphatic heterocycles. The maximum atomic E-state index is 14.6. The average molecular weight is 558 g/mol. The van der Waals surface area contributed by atoms with E-state index < -0.39 is 53.1 Å². The van der Waals surface area contributed by atoms with Gasteiger partial charge in [0.15, 0.2) is 19.7 Å². The Kier molecular flexibility index (Phi) is 4.63. The largest absolute Gasteiger partial charge is 0.238 e. The van der Waals surface area contributed by atoms with E-state index in [1.54, 1.807) is 60.7 Å². The smallest absolute Gasteiger partial charge is 0.182 e. The third-order valence-electron chi connectivity index (χ3n) is 10.1. The number of hydrogen-bond donors (Lipinski definition) is 0. The van der Waals surface area contributed by atoms with Crippen LogP contribution >= 0.6 is 0 Å². The molecule has 0 N–H and O–H groups in total. The van der Waals surface area contributed by atoms with E-state index in [1.807, 2.05) is 35.3 Å². The minimum absolute atomic E-state index is 0.0174. The second kappa shape index (κ2) is 7.67. The highest BCUT2D eigenvalue weighted by molar-refractivity contribution is 7.96. The van der Waals surface area contributed by atoms with Crippen LogP contribution in [-0.4, -0.2) is 38.4 Å². The first-order valence-corrected chi connectivity index (χ1v) is 16.5. The monoisotopic (exact) mass is 557 g/mol. The van der Waals surface area contributed by atoms with E-state index in [4.69, 9.17) is 10.3 Å². The van der Waals surface area contributed by atoms with Crippen molar-refractivity contribution in [2.45, 2.75) is 44.2 Å². The summed E-state index contributed by atoms with van der Waals surface area (Å²) in [5, 5.41) is 9.46. The normalized spacial score (nSPS) is 37.4. The third-order valence-corrected chi connectivity index (χ3v) is 14.8. The molecule has 0 saturated heterocycles. The summed E-state index contributed by atoms with van der Waals surface area (Å²) in [6, 6.07) is 26.4. The molecule has 3 aromatic carbocycles. The molecule has 1 heterocycles. The lowest BCUT2D eigenvalue weighted by atomic mass is 9.61. The molecule has 4 bridgehead atoms. The molecule has 0 spiro atoms. The van der Waals surface area contributed by atoms with E-state index in [0.717, 1.165) is 12.1 Å². The molecule has 0 radical (unpaired) electrons. The Bertz CT molecular complexity index is 1750. The summed E-state index contributed by atoms with van der Waals surface area (Å²) in [6.07, 6.45) is 5.67. The third kappa shape index (κ3) is 2.63. The molecular weight excluding hydrogens is 530 g/mol. The van der Waals surface area contributed by atoms with Crippen molar-refractivity contribution < 1.29 is 16.8 Å². The minimum Gasteiger partial charge on any atom is -0.238 e. The molecular formula is C30H27N3O4S2. The van der Waals surface area contributed by atoms with E-state index in [2.05, 4.69) is 12.2 Å². The van der Waals surface area contributed by atoms with Gasteiger partial charge in [0.2, 0.25) is 0 Å². The first-order chi connectivity index (χ1) is 18.8. The fourth-order valence-corrected chi connectivity index (χ4v) is 14.2. The first-order valence-electron chi connectivity index (χ1n) is 13.4. The molecule has 0 amide bonds. The van der Waals surface area contributed by atoms with E-state index in [0.29, 0.717) is 6.42 Å². The molecule has 7 nitrogen and oxygen atoms in total. The molecule has 198 valence electrons. The van der Waals surface area contributed by atoms with Gasteiger partial charge in [-0.2, -0.15) is 5.11 Å². The van der Waals surface area contributed by atoms with Gasteiger partial charge in [0.25, 0.3) is 0 Å². The van der Waals surface area contributed by atoms with E-state index in [-0.39, 0.29) is 21.6 Å². The number of hydrogen-bond acceptors (Lipinski definition) is 7. The van der Waals surface area contributed by atoms with E-state index in [1.165, 1.54) is 0 Å². The van der Waals surface area contributed by atoms with Crippen LogP contribution in [0.2, 0.25) is 0 Å². The van der Waals surface area contributed by atoms with Crippen molar-refractivity contribution in [1.29, 1.82) is 0 Å². The lowest BCUT2D eigenvalue weighted by Crippen LogP contribution is -2.71. The summed E-state index contributed by atoms with van der Waals surface area (Å²) in [4.78, 5) is 0.320. The zero-order valence-electron chi connectivity index (χ0n) is 21.0. The van der Waals surface area contributed by atoms with E-state index >= 15 is 0 Å². The van der Waals surface area contributed by atoms with Gasteiger partial charge in [0.05, 0.1) is 26.0 Å². The molecule has 39 heavy (non-hydrogen) atoms. The van der Waals surface area contributed by atoms with Crippen molar-refractivity contribution >= 4 is 25.4 Å². The fourth-order valence-electron chi connectivity index (χ4n) is 9.01. The Morgan fingerprint density at radius 3 is 1.74 bits per heavy atom. The number of para-hydroxylation sites is 1. The van der Waals surface area contributed by atoms with Crippen LogP contribution in [-0.2, 0) is 19.7 Å². The number of anilines is 1. The number of benzene rings is 3. The predicted octanol–water partition coefficient (Wildman–Crippen LogP) is 4.89. The Labute approximate surface area is 228 Å². The summed E-state index contributed by atoms with van der Waals surface area (Å²) in [7, 11) is -8.05. The summed E-state index contributed by atoms with van der Waals surface area (Å²) < 4.78 is 58.1. The molecule has 0 aromatic heterocycles. The maximum Gasteiger partial charge on any atom is 0.182 e. The van der Waals surface area contributed by atoms with Gasteiger partial charge in [-0.3, -0.25) is 0 Å². The van der Waals surface area contributed by atoms with Gasteiger partial charge in [-0.25, -0.2) is 21.8 Å². The maximum absolute atomic E-state index is 14.6. The van der Waals surface area contributed by atoms with Gasteiger partial charge in [-0.05, 0) is 49.2 Å². The van der Waals surface area contributed by atoms with Crippen LogP contribution in [0, 0.1) is 23.7 Å². The number of fused-ring (bicyclic) bond motifs is 4. The van der Waals surface area contributed by atoms with E-state index in [9.17, 15) is 16.8 Å². The summed E-state index contributed by atoms with van der Waals surface area (Å²) >= 11 is 0. The fraction of sp³-hybridized carbons (Fsp3) is 0.333. The van der Waals surface area contributed by atoms with Gasteiger partial charge < -0.3 is 0 Å². The summed E-state index contributed by atoms with van der Waals surface area (Å²) in [5.41, 5.74) is -0.662. The topological polar surface area (TPSA) is 96.2 Å². The van der Waals surface area contributed by atoms with Crippen LogP contribution in [0.3, 0.4) is 0 Å². The molecule has 3 fully saturated rings. The van der Waals surface area contributed by atoms with Crippen LogP contribution in [0.15, 0.2) is 123 Å². The molecule has 3 saturated carbocycles. The predicted molar refractivity (Wildman–Crippen MR) is 146 cm³/mol. The van der Waals surface area contributed by atoms with Crippen LogP contribution in [0.4, 0.5) is 5.69 Å². The van der Waals surface area contributed by atoms with Crippen LogP contribution < -0.4 is 5.01 Å². The van der Waals surface area contributed by atoms with Crippen molar-refractivity contribution in [3.8, 4) is 0 Å². The zero-order chi connectivity index (χ0) is 26.6. The standard InChI is InChI=1S/C30H27N3O4S2/c34-38(35,23-12-6-2-7-13-23)27-25-19-26(28(27)39(36,37)24-14-8-3-9-15-24)30-21-17-16-20(18-21)29(25,30)31-32-33(30)22-10-4-1-5-11-22/h1-17,20-21,25-28H,18-19H2. The highest BCUT2D eigenvalue weighted by Gasteiger charge is 2.87. The molecule has 4 aliphatic carbocycles. The molecule has 5 aliphatic rings. The molecule has 3 aromatic rings. The van der Waals surface area contributed by atoms with Crippen molar-refractivity contribution in [3.05, 3.63) is 103 Å². The zero-order valence-corrected chi connectivity index (χ0v) is 22.6. The van der Waals surface area contributed by atoms with Gasteiger partial charge in [-0.15, -0.1) is 0 Å². The van der Waals surface area contributed by atoms with Gasteiger partial charge >= 0.3 is 0 Å². The van der Waals surface area contributed by atoms with Crippen molar-refractivity contribution in [2.24, 2.45) is 34.0 Å². The van der Waals surface area contributed by atoms with Crippen molar-refractivity contribution in [2.75, 3.05) is 5.01 Å². The quantitative estimate of drug-likeness (QED) is 0.416. The minimum atomic E-state index is -4.03. The lowest BCUT2D eigenvalue weighted by Gasteiger charge is -2.54. The highest BCUT2D eigenvalue weighted by Crippen LogP contribution is 2.77. The Morgan fingerprint density at radius 2 is 1.15 bits per heavy atom. The molecule has 9 heteroatoms. The SMILES string of the molecule is O=S(=O)(c1ccccc1)C1C2CC(C1S(=O)(=O)c1ccccc1)C13C4C=CC(C4)C21N=NN3c1ccccc1. The average Bonchev–Trinajstić information content (AvgIpc) is 3.76. The van der Waals surface area contributed by atoms with Crippen LogP contribution in [0.25, 0.3) is 0 Å². The molecule has 8 unspecified atom stereocenters. The van der Waals surface area contributed by atoms with Crippen molar-refractivity contribution in [1.82, 2.24) is 0 Å². The summed E-state index contributed by atoms with van der Waals surface area (Å²) in [5.74, 6) is -0.898. The summed E-state index contributed by atoms with van der Waals surface area (Å²) in [6.45, 7) is 0. The molecule has 8 atom stereocenters. The number of nitrogens with zero attached hydrogens (tertiary/aromatic N) is 3. The van der Waals surface area contributed by atoms with Gasteiger partial charge in [0.1, 0.15) is 11.1 Å². The first kappa shape index (κ1) is 23.6. The Balaban J connectivity index is 1.39. The molecule has 8 rings (SSSR count). The van der Waals surface area contributed by atoms with Crippen molar-refractivity contribution in [3.63, 3.8) is 0 Å². The van der Waals surface area contributed by atoms with Gasteiger partial charge in [-0.1, -0.05) is 72.0 Å². The second-order valence-corrected chi connectivity index (χ2v) is 15.6. The van der Waals surface area contributed by atoms with Crippen LogP contribution in [0.5, 0.6) is 0 Å². The second-order valence-electron chi connectivity index (χ2n) is 11.4.